The Kier molecular flexibility index (Phi) is 2.19. The fourth-order valence-electron chi connectivity index (χ4n) is 0.960. The summed E-state index contributed by atoms with van der Waals surface area (Å²) >= 11 is 0. The lowest BCUT2D eigenvalue weighted by Gasteiger charge is -1.99. The molecular weight excluding hydrogens is 158 g/mol. The standard InChI is InChI=1S/C8H9NO3/c9-8(12)3-5-1-6(10)4-7(11)2-5/h1-2,4,10-11H,3H2,(H2,9,12). The minimum Gasteiger partial charge on any atom is -0.508 e. The van der Waals surface area contributed by atoms with Crippen LogP contribution < -0.4 is 5.73 Å². The summed E-state index contributed by atoms with van der Waals surface area (Å²) in [5.41, 5.74) is 5.42. The van der Waals surface area contributed by atoms with Crippen molar-refractivity contribution in [1.29, 1.82) is 0 Å². The minimum atomic E-state index is -0.500. The number of benzene rings is 1. The SMILES string of the molecule is NC(=O)Cc1cc(O)cc(O)c1. The molecule has 1 amide bonds. The average molecular weight is 167 g/mol. The summed E-state index contributed by atoms with van der Waals surface area (Å²) in [6.07, 6.45) is 0.0158. The third kappa shape index (κ3) is 2.16. The number of carbonyl (C=O) groups excluding carboxylic acids is 1. The second-order valence-corrected chi connectivity index (χ2v) is 2.50. The van der Waals surface area contributed by atoms with Gasteiger partial charge in [0.05, 0.1) is 6.42 Å². The van der Waals surface area contributed by atoms with Gasteiger partial charge in [-0.15, -0.1) is 0 Å². The number of phenolic OH excluding ortho intramolecular Hbond substituents is 2. The molecule has 0 aliphatic carbocycles. The number of nitrogens with two attached hydrogens (primary N) is 1. The van der Waals surface area contributed by atoms with E-state index in [4.69, 9.17) is 15.9 Å². The van der Waals surface area contributed by atoms with Gasteiger partial charge < -0.3 is 15.9 Å². The maximum Gasteiger partial charge on any atom is 0.221 e. The zero-order valence-corrected chi connectivity index (χ0v) is 6.32. The first-order valence-corrected chi connectivity index (χ1v) is 3.38. The maximum absolute atomic E-state index is 10.5. The van der Waals surface area contributed by atoms with Crippen LogP contribution in [0.5, 0.6) is 11.5 Å². The van der Waals surface area contributed by atoms with Gasteiger partial charge in [-0.2, -0.15) is 0 Å². The van der Waals surface area contributed by atoms with E-state index < -0.39 is 5.91 Å². The average Bonchev–Trinajstić information content (AvgIpc) is 1.81. The van der Waals surface area contributed by atoms with E-state index in [1.807, 2.05) is 0 Å². The molecule has 4 nitrogen and oxygen atoms in total. The molecule has 0 atom stereocenters. The Morgan fingerprint density at radius 1 is 1.25 bits per heavy atom. The molecule has 4 heteroatoms. The molecule has 0 aliphatic heterocycles. The lowest BCUT2D eigenvalue weighted by atomic mass is 10.1. The van der Waals surface area contributed by atoms with Crippen LogP contribution in [0, 0.1) is 0 Å². The molecule has 0 unspecified atom stereocenters. The summed E-state index contributed by atoms with van der Waals surface area (Å²) in [6, 6.07) is 3.94. The van der Waals surface area contributed by atoms with Gasteiger partial charge >= 0.3 is 0 Å². The Balaban J connectivity index is 2.93. The molecule has 4 N–H and O–H groups in total. The van der Waals surface area contributed by atoms with Gasteiger partial charge in [0, 0.05) is 6.07 Å². The van der Waals surface area contributed by atoms with Crippen molar-refractivity contribution >= 4 is 5.91 Å². The van der Waals surface area contributed by atoms with E-state index >= 15 is 0 Å². The fraction of sp³-hybridized carbons (Fsp3) is 0.125. The number of carbonyl (C=O) groups is 1. The van der Waals surface area contributed by atoms with Gasteiger partial charge in [-0.05, 0) is 17.7 Å². The number of rotatable bonds is 2. The van der Waals surface area contributed by atoms with Crippen molar-refractivity contribution in [3.05, 3.63) is 23.8 Å². The third-order valence-electron chi connectivity index (χ3n) is 1.34. The molecule has 1 aromatic rings. The molecule has 12 heavy (non-hydrogen) atoms. The van der Waals surface area contributed by atoms with E-state index in [1.54, 1.807) is 0 Å². The van der Waals surface area contributed by atoms with E-state index in [1.165, 1.54) is 18.2 Å². The van der Waals surface area contributed by atoms with Crippen molar-refractivity contribution < 1.29 is 15.0 Å². The highest BCUT2D eigenvalue weighted by Crippen LogP contribution is 2.20. The highest BCUT2D eigenvalue weighted by atomic mass is 16.3. The van der Waals surface area contributed by atoms with Crippen LogP contribution in [-0.4, -0.2) is 16.1 Å². The quantitative estimate of drug-likeness (QED) is 0.585. The van der Waals surface area contributed by atoms with Gasteiger partial charge in [0.1, 0.15) is 11.5 Å². The molecule has 0 heterocycles. The van der Waals surface area contributed by atoms with Crippen LogP contribution >= 0.6 is 0 Å². The highest BCUT2D eigenvalue weighted by molar-refractivity contribution is 5.76. The second-order valence-electron chi connectivity index (χ2n) is 2.50. The molecule has 0 aromatic heterocycles. The Morgan fingerprint density at radius 3 is 2.17 bits per heavy atom. The topological polar surface area (TPSA) is 83.6 Å². The molecule has 0 spiro atoms. The summed E-state index contributed by atoms with van der Waals surface area (Å²) < 4.78 is 0. The third-order valence-corrected chi connectivity index (χ3v) is 1.34. The normalized spacial score (nSPS) is 9.67. The molecule has 0 aliphatic rings. The minimum absolute atomic E-state index is 0.0158. The zero-order valence-electron chi connectivity index (χ0n) is 6.32. The van der Waals surface area contributed by atoms with E-state index in [2.05, 4.69) is 0 Å². The van der Waals surface area contributed by atoms with Crippen molar-refractivity contribution in [2.45, 2.75) is 6.42 Å². The number of aromatic hydroxyl groups is 2. The number of amides is 1. The van der Waals surface area contributed by atoms with Gasteiger partial charge in [0.25, 0.3) is 0 Å². The smallest absolute Gasteiger partial charge is 0.221 e. The predicted molar refractivity (Wildman–Crippen MR) is 42.7 cm³/mol. The zero-order chi connectivity index (χ0) is 9.14. The molecule has 0 saturated heterocycles. The van der Waals surface area contributed by atoms with Crippen LogP contribution in [-0.2, 0) is 11.2 Å². The molecule has 0 fully saturated rings. The van der Waals surface area contributed by atoms with E-state index in [0.717, 1.165) is 0 Å². The first-order valence-electron chi connectivity index (χ1n) is 3.38. The van der Waals surface area contributed by atoms with Crippen LogP contribution in [0.15, 0.2) is 18.2 Å². The highest BCUT2D eigenvalue weighted by Gasteiger charge is 2.01. The number of primary amides is 1. The number of hydrogen-bond acceptors (Lipinski definition) is 3. The van der Waals surface area contributed by atoms with Crippen molar-refractivity contribution in [3.8, 4) is 11.5 Å². The summed E-state index contributed by atoms with van der Waals surface area (Å²) in [5, 5.41) is 18.0. The molecule has 1 rings (SSSR count). The molecule has 0 radical (unpaired) electrons. The van der Waals surface area contributed by atoms with Crippen molar-refractivity contribution in [1.82, 2.24) is 0 Å². The largest absolute Gasteiger partial charge is 0.508 e. The Morgan fingerprint density at radius 2 is 1.75 bits per heavy atom. The summed E-state index contributed by atoms with van der Waals surface area (Å²) in [7, 11) is 0. The number of hydrogen-bond donors (Lipinski definition) is 3. The first-order chi connectivity index (χ1) is 5.58. The summed E-state index contributed by atoms with van der Waals surface area (Å²) in [4.78, 5) is 10.5. The van der Waals surface area contributed by atoms with Crippen LogP contribution in [0.1, 0.15) is 5.56 Å². The Hall–Kier alpha value is -1.71. The van der Waals surface area contributed by atoms with Gasteiger partial charge in [-0.25, -0.2) is 0 Å². The molecule has 1 aromatic carbocycles. The molecule has 64 valence electrons. The lowest BCUT2D eigenvalue weighted by molar-refractivity contribution is -0.117. The van der Waals surface area contributed by atoms with Gasteiger partial charge in [-0.3, -0.25) is 4.79 Å². The summed E-state index contributed by atoms with van der Waals surface area (Å²) in [6.45, 7) is 0. The van der Waals surface area contributed by atoms with Crippen LogP contribution in [0.4, 0.5) is 0 Å². The van der Waals surface area contributed by atoms with E-state index in [-0.39, 0.29) is 17.9 Å². The molecular formula is C8H9NO3. The predicted octanol–water partition coefficient (Wildman–Crippen LogP) is 0.126. The van der Waals surface area contributed by atoms with E-state index in [9.17, 15) is 4.79 Å². The molecule has 0 bridgehead atoms. The first kappa shape index (κ1) is 8.39. The van der Waals surface area contributed by atoms with Gasteiger partial charge in [0.2, 0.25) is 5.91 Å². The van der Waals surface area contributed by atoms with Gasteiger partial charge in [0.15, 0.2) is 0 Å². The van der Waals surface area contributed by atoms with Crippen molar-refractivity contribution in [2.75, 3.05) is 0 Å². The van der Waals surface area contributed by atoms with Gasteiger partial charge in [-0.1, -0.05) is 0 Å². The lowest BCUT2D eigenvalue weighted by Crippen LogP contribution is -2.13. The van der Waals surface area contributed by atoms with Crippen LogP contribution in [0.25, 0.3) is 0 Å². The Labute approximate surface area is 69.3 Å². The van der Waals surface area contributed by atoms with Crippen molar-refractivity contribution in [3.63, 3.8) is 0 Å². The van der Waals surface area contributed by atoms with Crippen LogP contribution in [0.2, 0.25) is 0 Å². The second kappa shape index (κ2) is 3.13. The van der Waals surface area contributed by atoms with Crippen molar-refractivity contribution in [2.24, 2.45) is 5.73 Å². The fourth-order valence-corrected chi connectivity index (χ4v) is 0.960. The molecule has 0 saturated carbocycles. The Bertz CT molecular complexity index is 289. The number of phenols is 2. The van der Waals surface area contributed by atoms with Crippen LogP contribution in [0.3, 0.4) is 0 Å². The maximum atomic E-state index is 10.5. The monoisotopic (exact) mass is 167 g/mol. The summed E-state index contributed by atoms with van der Waals surface area (Å²) in [5.74, 6) is -0.655. The van der Waals surface area contributed by atoms with E-state index in [0.29, 0.717) is 5.56 Å².